The number of esters is 1. The molecule has 1 aliphatic heterocycles. The first kappa shape index (κ1) is 49.0. The Hall–Kier alpha value is -6.04. The minimum atomic E-state index is -0.745. The quantitative estimate of drug-likeness (QED) is 0.0610. The number of carbonyl (C=O) groups excluding carboxylic acids is 2. The maximum atomic E-state index is 14.8. The van der Waals surface area contributed by atoms with E-state index in [4.69, 9.17) is 14.2 Å². The molecule has 0 unspecified atom stereocenters. The third-order valence-corrected chi connectivity index (χ3v) is 11.9. The molecule has 0 fully saturated rings. The minimum Gasteiger partial charge on any atom is -0.481 e. The van der Waals surface area contributed by atoms with Gasteiger partial charge >= 0.3 is 17.8 Å². The van der Waals surface area contributed by atoms with Gasteiger partial charge < -0.3 is 29.7 Å². The second-order valence-electron chi connectivity index (χ2n) is 17.7. The molecule has 12 nitrogen and oxygen atoms in total. The Morgan fingerprint density at radius 3 is 2.30 bits per heavy atom. The first-order chi connectivity index (χ1) is 30.6. The number of fused-ring (bicyclic) bond motifs is 1. The molecule has 64 heavy (non-hydrogen) atoms. The standard InChI is InChI=1S/C52H69N5O7/c1-11-29-53-41-22-16-14-20-39(41)51(6,7)28-18-19-37-24-25-38(26-27-43-52(8,9)40-21-15-17-23-42(40)55(43)31-12-2)44(37)45-46(58)56(32-13-3)50(61)57(47(45)62-10)33-35-64-49(60)54-30-34-63-48(59)36(4)5/h14-23,26-27,53H,4,11-13,24-25,28-35H2,1-3,5-10H3,(H,54,60). The summed E-state index contributed by atoms with van der Waals surface area (Å²) in [6.45, 7) is 22.0. The minimum absolute atomic E-state index is 0.0291. The number of hydrogen-bond donors (Lipinski definition) is 2. The Morgan fingerprint density at radius 1 is 0.875 bits per heavy atom. The van der Waals surface area contributed by atoms with Crippen molar-refractivity contribution in [2.24, 2.45) is 0 Å². The van der Waals surface area contributed by atoms with E-state index >= 15 is 0 Å². The molecule has 12 heteroatoms. The molecule has 0 radical (unpaired) electrons. The van der Waals surface area contributed by atoms with Crippen molar-refractivity contribution in [1.29, 1.82) is 0 Å². The van der Waals surface area contributed by atoms with E-state index in [0.717, 1.165) is 54.8 Å². The summed E-state index contributed by atoms with van der Waals surface area (Å²) in [4.78, 5) is 55.7. The lowest BCUT2D eigenvalue weighted by Crippen LogP contribution is -2.43. The SMILES string of the molecule is C=C(C)C(=O)OCCNC(=O)OCCn1c(OC)c(C2=C(C=CCC(C)(C)c3ccccc3NCCC)CCC2=CC=C2N(CCC)c3ccccc3C2(C)C)c(=O)n(CCC)c1=O. The topological polar surface area (TPSA) is 133 Å². The number of carbonyl (C=O) groups is 2. The Labute approximate surface area is 379 Å². The summed E-state index contributed by atoms with van der Waals surface area (Å²) in [7, 11) is 1.46. The zero-order valence-electron chi connectivity index (χ0n) is 39.5. The number of benzene rings is 2. The smallest absolute Gasteiger partial charge is 0.407 e. The van der Waals surface area contributed by atoms with Crippen LogP contribution >= 0.6 is 0 Å². The molecule has 5 rings (SSSR count). The predicted molar refractivity (Wildman–Crippen MR) is 258 cm³/mol. The van der Waals surface area contributed by atoms with Crippen LogP contribution in [0.3, 0.4) is 0 Å². The van der Waals surface area contributed by atoms with Crippen LogP contribution in [-0.4, -0.2) is 61.2 Å². The molecule has 0 spiro atoms. The third kappa shape index (κ3) is 11.0. The van der Waals surface area contributed by atoms with Crippen LogP contribution in [0, 0.1) is 0 Å². The van der Waals surface area contributed by atoms with Gasteiger partial charge in [-0.1, -0.05) is 110 Å². The molecule has 2 heterocycles. The fourth-order valence-corrected chi connectivity index (χ4v) is 8.68. The van der Waals surface area contributed by atoms with Crippen LogP contribution in [0.1, 0.15) is 111 Å². The first-order valence-corrected chi connectivity index (χ1v) is 22.8. The van der Waals surface area contributed by atoms with E-state index in [0.29, 0.717) is 24.8 Å². The molecule has 1 aliphatic carbocycles. The normalized spacial score (nSPS) is 15.9. The number of alkyl carbamates (subject to hydrolysis) is 1. The molecule has 344 valence electrons. The summed E-state index contributed by atoms with van der Waals surface area (Å²) in [5.74, 6) is -0.446. The number of para-hydroxylation sites is 2. The Balaban J connectivity index is 1.60. The van der Waals surface area contributed by atoms with Gasteiger partial charge in [0.1, 0.15) is 18.8 Å². The molecular weight excluding hydrogens is 807 g/mol. The predicted octanol–water partition coefficient (Wildman–Crippen LogP) is 9.59. The van der Waals surface area contributed by atoms with Gasteiger partial charge in [-0.25, -0.2) is 14.4 Å². The second-order valence-corrected chi connectivity index (χ2v) is 17.7. The van der Waals surface area contributed by atoms with E-state index in [1.54, 1.807) is 0 Å². The summed E-state index contributed by atoms with van der Waals surface area (Å²) >= 11 is 0. The maximum absolute atomic E-state index is 14.8. The van der Waals surface area contributed by atoms with Crippen molar-refractivity contribution in [3.8, 4) is 5.88 Å². The zero-order chi connectivity index (χ0) is 46.6. The van der Waals surface area contributed by atoms with Crippen molar-refractivity contribution >= 4 is 29.0 Å². The molecule has 2 N–H and O–H groups in total. The fourth-order valence-electron chi connectivity index (χ4n) is 8.68. The molecule has 1 amide bonds. The van der Waals surface area contributed by atoms with Gasteiger partial charge in [0.25, 0.3) is 5.56 Å². The van der Waals surface area contributed by atoms with Gasteiger partial charge in [-0.2, -0.15) is 0 Å². The van der Waals surface area contributed by atoms with E-state index in [1.165, 1.54) is 45.7 Å². The number of nitrogens with zero attached hydrogens (tertiary/aromatic N) is 3. The van der Waals surface area contributed by atoms with Crippen LogP contribution in [0.25, 0.3) is 5.57 Å². The van der Waals surface area contributed by atoms with Gasteiger partial charge in [0, 0.05) is 47.7 Å². The van der Waals surface area contributed by atoms with Gasteiger partial charge in [0.05, 0.1) is 20.2 Å². The van der Waals surface area contributed by atoms with Crippen LogP contribution in [0.15, 0.2) is 111 Å². The third-order valence-electron chi connectivity index (χ3n) is 11.9. The van der Waals surface area contributed by atoms with Gasteiger partial charge in [0.15, 0.2) is 0 Å². The number of rotatable bonds is 21. The zero-order valence-corrected chi connectivity index (χ0v) is 39.5. The number of ether oxygens (including phenoxy) is 3. The summed E-state index contributed by atoms with van der Waals surface area (Å²) < 4.78 is 19.2. The second kappa shape index (κ2) is 22.0. The number of anilines is 2. The molecule has 0 bridgehead atoms. The lowest BCUT2D eigenvalue weighted by atomic mass is 9.80. The fraction of sp³-hybridized carbons (Fsp3) is 0.462. The van der Waals surface area contributed by atoms with Crippen LogP contribution in [0.2, 0.25) is 0 Å². The highest BCUT2D eigenvalue weighted by Crippen LogP contribution is 2.48. The first-order valence-electron chi connectivity index (χ1n) is 22.8. The van der Waals surface area contributed by atoms with Crippen molar-refractivity contribution < 1.29 is 23.8 Å². The highest BCUT2D eigenvalue weighted by Gasteiger charge is 2.39. The van der Waals surface area contributed by atoms with Crippen molar-refractivity contribution in [3.63, 3.8) is 0 Å². The van der Waals surface area contributed by atoms with E-state index < -0.39 is 23.3 Å². The number of allylic oxidation sites excluding steroid dienone is 8. The number of methoxy groups -OCH3 is 1. The highest BCUT2D eigenvalue weighted by atomic mass is 16.6. The van der Waals surface area contributed by atoms with Crippen LogP contribution in [0.4, 0.5) is 16.2 Å². The van der Waals surface area contributed by atoms with Gasteiger partial charge in [-0.3, -0.25) is 13.9 Å². The van der Waals surface area contributed by atoms with E-state index in [9.17, 15) is 19.2 Å². The molecule has 0 saturated carbocycles. The average Bonchev–Trinajstić information content (AvgIpc) is 3.76. The number of nitrogens with one attached hydrogen (secondary N) is 2. The van der Waals surface area contributed by atoms with Gasteiger partial charge in [-0.05, 0) is 96.9 Å². The molecular formula is C52H69N5O7. The largest absolute Gasteiger partial charge is 0.481 e. The van der Waals surface area contributed by atoms with Crippen molar-refractivity contribution in [2.75, 3.05) is 50.2 Å². The van der Waals surface area contributed by atoms with Gasteiger partial charge in [-0.15, -0.1) is 0 Å². The summed E-state index contributed by atoms with van der Waals surface area (Å²) in [5, 5.41) is 6.15. The summed E-state index contributed by atoms with van der Waals surface area (Å²) in [5.41, 5.74) is 7.81. The van der Waals surface area contributed by atoms with E-state index in [2.05, 4.69) is 136 Å². The maximum Gasteiger partial charge on any atom is 0.407 e. The Morgan fingerprint density at radius 2 is 1.59 bits per heavy atom. The van der Waals surface area contributed by atoms with E-state index in [-0.39, 0.29) is 55.1 Å². The molecule has 1 aromatic heterocycles. The average molecular weight is 876 g/mol. The lowest BCUT2D eigenvalue weighted by Gasteiger charge is -2.27. The van der Waals surface area contributed by atoms with E-state index in [1.807, 2.05) is 6.92 Å². The Bertz CT molecular complexity index is 2430. The number of amides is 1. The molecule has 3 aromatic rings. The number of aromatic nitrogens is 2. The van der Waals surface area contributed by atoms with Crippen LogP contribution in [0.5, 0.6) is 5.88 Å². The van der Waals surface area contributed by atoms with Crippen LogP contribution in [-0.2, 0) is 38.2 Å². The Kier molecular flexibility index (Phi) is 16.9. The molecule has 2 aliphatic rings. The highest BCUT2D eigenvalue weighted by molar-refractivity contribution is 5.88. The molecule has 0 atom stereocenters. The molecule has 0 saturated heterocycles. The van der Waals surface area contributed by atoms with Crippen molar-refractivity contribution in [1.82, 2.24) is 14.5 Å². The summed E-state index contributed by atoms with van der Waals surface area (Å²) in [6.07, 6.45) is 12.6. The monoisotopic (exact) mass is 876 g/mol. The summed E-state index contributed by atoms with van der Waals surface area (Å²) in [6, 6.07) is 17.0. The molecule has 2 aromatic carbocycles. The van der Waals surface area contributed by atoms with Gasteiger partial charge in [0.2, 0.25) is 5.88 Å². The number of hydrogen-bond acceptors (Lipinski definition) is 9. The lowest BCUT2D eigenvalue weighted by molar-refractivity contribution is -0.138. The van der Waals surface area contributed by atoms with Crippen molar-refractivity contribution in [3.05, 3.63) is 139 Å². The van der Waals surface area contributed by atoms with Crippen LogP contribution < -0.4 is 31.5 Å². The van der Waals surface area contributed by atoms with Crippen molar-refractivity contribution in [2.45, 2.75) is 118 Å².